The zero-order chi connectivity index (χ0) is 36.9. The molecule has 0 saturated carbocycles. The minimum Gasteiger partial charge on any atom is -0.340 e. The van der Waals surface area contributed by atoms with E-state index in [-0.39, 0.29) is 23.9 Å². The van der Waals surface area contributed by atoms with Gasteiger partial charge in [-0.25, -0.2) is 4.98 Å². The average Bonchev–Trinajstić information content (AvgIpc) is 3.68. The third-order valence-corrected chi connectivity index (χ3v) is 10.7. The molecule has 3 amide bonds. The number of thioether (sulfide) groups is 1. The number of imidazole rings is 1. The highest BCUT2D eigenvalue weighted by Gasteiger charge is 2.35. The molecular weight excluding hydrogens is 685 g/mol. The standard InChI is InChI=1S/C42H42N6O4S/c1-46(2)37(32-8-4-3-5-9-32)40(50)48-23-7-6-10-36(48)38-43-26-35(45-38)31-17-13-29(14-18-31)30-15-19-33(20-16-30)39(49)44-34-21-11-28(12-22-34)27-47-24-25-53-42(52)41(47)51/h3-5,8-9,11-22,26,36-37H,6-7,10,23-25,27H2,1-2H3,(H,43,45)(H,44,49)/t36-,37+/m0/s1. The number of aromatic amines is 1. The molecule has 53 heavy (non-hydrogen) atoms. The predicted molar refractivity (Wildman–Crippen MR) is 208 cm³/mol. The van der Waals surface area contributed by atoms with Crippen LogP contribution in [0.15, 0.2) is 109 Å². The molecule has 0 unspecified atom stereocenters. The summed E-state index contributed by atoms with van der Waals surface area (Å²) in [6.07, 6.45) is 4.72. The first kappa shape index (κ1) is 35.9. The Hall–Kier alpha value is -5.52. The molecule has 0 radical (unpaired) electrons. The van der Waals surface area contributed by atoms with Crippen molar-refractivity contribution in [2.75, 3.05) is 38.3 Å². The molecule has 7 rings (SSSR count). The number of benzene rings is 4. The number of aromatic nitrogens is 2. The highest BCUT2D eigenvalue weighted by atomic mass is 32.2. The van der Waals surface area contributed by atoms with E-state index in [1.807, 2.05) is 84.7 Å². The number of likely N-dealkylation sites (tertiary alicyclic amines) is 1. The molecule has 2 saturated heterocycles. The fraction of sp³-hybridized carbons (Fsp3) is 0.262. The minimum absolute atomic E-state index is 0.0912. The van der Waals surface area contributed by atoms with Crippen molar-refractivity contribution >= 4 is 40.3 Å². The average molecular weight is 727 g/mol. The lowest BCUT2D eigenvalue weighted by Gasteiger charge is -2.38. The van der Waals surface area contributed by atoms with Gasteiger partial charge in [0.2, 0.25) is 5.91 Å². The summed E-state index contributed by atoms with van der Waals surface area (Å²) in [7, 11) is 3.90. The van der Waals surface area contributed by atoms with Crippen LogP contribution < -0.4 is 5.32 Å². The third kappa shape index (κ3) is 8.11. The summed E-state index contributed by atoms with van der Waals surface area (Å²) in [5, 5.41) is 2.52. The molecule has 1 aromatic heterocycles. The second-order valence-electron chi connectivity index (χ2n) is 13.7. The number of nitrogens with zero attached hydrogens (tertiary/aromatic N) is 4. The SMILES string of the molecule is CN(C)[C@@H](C(=O)N1CCCC[C@H]1c1ncc(-c2ccc(-c3ccc(C(=O)Nc4ccc(CN5CCSC(=O)C5=O)cc4)cc3)cc2)[nH]1)c1ccccc1. The maximum Gasteiger partial charge on any atom is 0.301 e. The fourth-order valence-corrected chi connectivity index (χ4v) is 7.80. The van der Waals surface area contributed by atoms with Gasteiger partial charge in [-0.15, -0.1) is 0 Å². The number of piperidine rings is 1. The van der Waals surface area contributed by atoms with Gasteiger partial charge in [-0.3, -0.25) is 24.1 Å². The number of hydrogen-bond acceptors (Lipinski definition) is 7. The Morgan fingerprint density at radius 1 is 0.868 bits per heavy atom. The second kappa shape index (κ2) is 16.0. The van der Waals surface area contributed by atoms with Crippen LogP contribution in [0, 0.1) is 0 Å². The van der Waals surface area contributed by atoms with E-state index < -0.39 is 11.0 Å². The number of nitrogens with one attached hydrogen (secondary N) is 2. The Morgan fingerprint density at radius 3 is 2.25 bits per heavy atom. The predicted octanol–water partition coefficient (Wildman–Crippen LogP) is 6.95. The quantitative estimate of drug-likeness (QED) is 0.150. The van der Waals surface area contributed by atoms with E-state index in [0.29, 0.717) is 36.6 Å². The van der Waals surface area contributed by atoms with Crippen LogP contribution in [0.2, 0.25) is 0 Å². The lowest BCUT2D eigenvalue weighted by Crippen LogP contribution is -2.45. The van der Waals surface area contributed by atoms with Gasteiger partial charge in [0.1, 0.15) is 11.9 Å². The number of H-pyrrole nitrogens is 1. The van der Waals surface area contributed by atoms with Crippen LogP contribution in [-0.4, -0.2) is 80.4 Å². The lowest BCUT2D eigenvalue weighted by molar-refractivity contribution is -0.141. The monoisotopic (exact) mass is 726 g/mol. The molecule has 2 N–H and O–H groups in total. The van der Waals surface area contributed by atoms with Crippen LogP contribution in [0.25, 0.3) is 22.4 Å². The van der Waals surface area contributed by atoms with Crippen LogP contribution in [0.4, 0.5) is 5.69 Å². The Labute approximate surface area is 313 Å². The van der Waals surface area contributed by atoms with Gasteiger partial charge in [-0.1, -0.05) is 90.6 Å². The number of anilines is 1. The lowest BCUT2D eigenvalue weighted by atomic mass is 9.97. The van der Waals surface area contributed by atoms with Crippen LogP contribution in [0.5, 0.6) is 0 Å². The Bertz CT molecular complexity index is 2080. The summed E-state index contributed by atoms with van der Waals surface area (Å²) in [5.41, 5.74) is 6.94. The molecular formula is C42H42N6O4S. The van der Waals surface area contributed by atoms with Crippen molar-refractivity contribution in [1.29, 1.82) is 0 Å². The van der Waals surface area contributed by atoms with E-state index in [2.05, 4.69) is 34.6 Å². The number of likely N-dealkylation sites (N-methyl/N-ethyl adjacent to an activating group) is 1. The van der Waals surface area contributed by atoms with Crippen molar-refractivity contribution in [2.45, 2.75) is 37.9 Å². The van der Waals surface area contributed by atoms with Gasteiger partial charge in [0.25, 0.3) is 11.0 Å². The van der Waals surface area contributed by atoms with Crippen molar-refractivity contribution in [3.63, 3.8) is 0 Å². The molecule has 3 heterocycles. The molecule has 10 nitrogen and oxygen atoms in total. The first-order valence-electron chi connectivity index (χ1n) is 17.9. The summed E-state index contributed by atoms with van der Waals surface area (Å²) >= 11 is 1.06. The molecule has 2 atom stereocenters. The van der Waals surface area contributed by atoms with Gasteiger partial charge in [-0.05, 0) is 85.4 Å². The first-order chi connectivity index (χ1) is 25.7. The number of carbonyl (C=O) groups is 4. The molecule has 2 aliphatic heterocycles. The van der Waals surface area contributed by atoms with E-state index in [9.17, 15) is 19.2 Å². The molecule has 2 aliphatic rings. The molecule has 4 aromatic carbocycles. The van der Waals surface area contributed by atoms with Crippen molar-refractivity contribution < 1.29 is 19.2 Å². The van der Waals surface area contributed by atoms with E-state index in [1.54, 1.807) is 29.2 Å². The molecule has 5 aromatic rings. The molecule has 270 valence electrons. The van der Waals surface area contributed by atoms with Gasteiger partial charge < -0.3 is 20.1 Å². The summed E-state index contributed by atoms with van der Waals surface area (Å²) in [4.78, 5) is 64.7. The largest absolute Gasteiger partial charge is 0.340 e. The van der Waals surface area contributed by atoms with Gasteiger partial charge >= 0.3 is 5.91 Å². The molecule has 11 heteroatoms. The Morgan fingerprint density at radius 2 is 1.55 bits per heavy atom. The third-order valence-electron chi connectivity index (χ3n) is 9.88. The number of rotatable bonds is 10. The summed E-state index contributed by atoms with van der Waals surface area (Å²) in [6.45, 7) is 1.60. The van der Waals surface area contributed by atoms with Gasteiger partial charge in [0.05, 0.1) is 17.9 Å². The van der Waals surface area contributed by atoms with Crippen LogP contribution in [0.3, 0.4) is 0 Å². The highest BCUT2D eigenvalue weighted by Crippen LogP contribution is 2.34. The molecule has 0 spiro atoms. The van der Waals surface area contributed by atoms with Crippen molar-refractivity contribution in [3.8, 4) is 22.4 Å². The van der Waals surface area contributed by atoms with Crippen molar-refractivity contribution in [3.05, 3.63) is 132 Å². The smallest absolute Gasteiger partial charge is 0.301 e. The maximum absolute atomic E-state index is 14.0. The fourth-order valence-electron chi connectivity index (χ4n) is 7.05. The van der Waals surface area contributed by atoms with Gasteiger partial charge in [0, 0.05) is 36.6 Å². The number of hydrogen-bond donors (Lipinski definition) is 2. The molecule has 0 bridgehead atoms. The molecule has 0 aliphatic carbocycles. The summed E-state index contributed by atoms with van der Waals surface area (Å²) < 4.78 is 0. The maximum atomic E-state index is 14.0. The van der Waals surface area contributed by atoms with Gasteiger partial charge in [-0.2, -0.15) is 0 Å². The first-order valence-corrected chi connectivity index (χ1v) is 18.9. The van der Waals surface area contributed by atoms with Crippen LogP contribution in [0.1, 0.15) is 58.7 Å². The zero-order valence-electron chi connectivity index (χ0n) is 29.8. The van der Waals surface area contributed by atoms with E-state index in [1.165, 1.54) is 0 Å². The second-order valence-corrected chi connectivity index (χ2v) is 14.7. The van der Waals surface area contributed by atoms with E-state index >= 15 is 0 Å². The van der Waals surface area contributed by atoms with Crippen molar-refractivity contribution in [1.82, 2.24) is 24.7 Å². The summed E-state index contributed by atoms with van der Waals surface area (Å²) in [6, 6.07) is 32.5. The zero-order valence-corrected chi connectivity index (χ0v) is 30.6. The van der Waals surface area contributed by atoms with Crippen LogP contribution in [-0.2, 0) is 20.9 Å². The van der Waals surface area contributed by atoms with Crippen LogP contribution >= 0.6 is 11.8 Å². The number of amides is 3. The highest BCUT2D eigenvalue weighted by molar-refractivity contribution is 8.15. The van der Waals surface area contributed by atoms with Crippen molar-refractivity contribution in [2.24, 2.45) is 0 Å². The van der Waals surface area contributed by atoms with Gasteiger partial charge in [0.15, 0.2) is 0 Å². The van der Waals surface area contributed by atoms with E-state index in [4.69, 9.17) is 4.98 Å². The minimum atomic E-state index is -0.459. The Balaban J connectivity index is 0.976. The summed E-state index contributed by atoms with van der Waals surface area (Å²) in [5.74, 6) is 0.818. The normalized spacial score (nSPS) is 16.8. The van der Waals surface area contributed by atoms with E-state index in [0.717, 1.165) is 70.4 Å². The number of carbonyl (C=O) groups excluding carboxylic acids is 4. The topological polar surface area (TPSA) is 119 Å². The molecule has 2 fully saturated rings. The Kier molecular flexibility index (Phi) is 10.8.